The van der Waals surface area contributed by atoms with Crippen LogP contribution in [-0.2, 0) is 17.5 Å². The number of hydrogen-bond acceptors (Lipinski definition) is 4. The molecule has 1 amide bonds. The van der Waals surface area contributed by atoms with Crippen LogP contribution in [0.1, 0.15) is 53.7 Å². The van der Waals surface area contributed by atoms with Crippen LogP contribution in [0.15, 0.2) is 24.3 Å². The Labute approximate surface area is 172 Å². The van der Waals surface area contributed by atoms with Crippen LogP contribution in [-0.4, -0.2) is 45.5 Å². The molecule has 9 heteroatoms. The highest BCUT2D eigenvalue weighted by molar-refractivity contribution is 5.77. The Kier molecular flexibility index (Phi) is 5.25. The van der Waals surface area contributed by atoms with E-state index in [1.807, 2.05) is 6.92 Å². The van der Waals surface area contributed by atoms with E-state index in [4.69, 9.17) is 4.74 Å². The highest BCUT2D eigenvalue weighted by atomic mass is 19.4. The largest absolute Gasteiger partial charge is 0.496 e. The Balaban J connectivity index is 1.62. The summed E-state index contributed by atoms with van der Waals surface area (Å²) in [6.45, 7) is 1.58. The summed E-state index contributed by atoms with van der Waals surface area (Å²) in [5.74, 6) is 0.164. The zero-order chi connectivity index (χ0) is 21.6. The molecule has 1 saturated heterocycles. The van der Waals surface area contributed by atoms with Crippen LogP contribution in [0.3, 0.4) is 0 Å². The molecule has 30 heavy (non-hydrogen) atoms. The zero-order valence-corrected chi connectivity index (χ0v) is 16.8. The van der Waals surface area contributed by atoms with Gasteiger partial charge in [0.25, 0.3) is 0 Å². The van der Waals surface area contributed by atoms with E-state index in [9.17, 15) is 23.1 Å². The van der Waals surface area contributed by atoms with Gasteiger partial charge in [-0.3, -0.25) is 9.48 Å². The molecule has 2 atom stereocenters. The normalized spacial score (nSPS) is 21.9. The monoisotopic (exact) mass is 423 g/mol. The first-order valence-corrected chi connectivity index (χ1v) is 9.96. The minimum Gasteiger partial charge on any atom is -0.496 e. The van der Waals surface area contributed by atoms with Crippen molar-refractivity contribution in [1.82, 2.24) is 14.7 Å². The van der Waals surface area contributed by atoms with E-state index in [2.05, 4.69) is 5.10 Å². The van der Waals surface area contributed by atoms with Crippen LogP contribution in [0.2, 0.25) is 0 Å². The highest BCUT2D eigenvalue weighted by Gasteiger charge is 2.41. The first kappa shape index (κ1) is 20.7. The molecule has 0 unspecified atom stereocenters. The Morgan fingerprint density at radius 1 is 1.30 bits per heavy atom. The minimum absolute atomic E-state index is 0.0447. The van der Waals surface area contributed by atoms with Crippen LogP contribution in [0, 0.1) is 6.92 Å². The lowest BCUT2D eigenvalue weighted by Gasteiger charge is -2.28. The van der Waals surface area contributed by atoms with Crippen molar-refractivity contribution in [3.8, 4) is 5.75 Å². The summed E-state index contributed by atoms with van der Waals surface area (Å²) < 4.78 is 46.5. The molecule has 6 nitrogen and oxygen atoms in total. The Hall–Kier alpha value is -2.55. The predicted octanol–water partition coefficient (Wildman–Crippen LogP) is 3.43. The van der Waals surface area contributed by atoms with Crippen LogP contribution in [0.25, 0.3) is 0 Å². The zero-order valence-electron chi connectivity index (χ0n) is 16.8. The number of ether oxygens (including phenoxy) is 1. The number of aromatic nitrogens is 2. The number of aliphatic hydroxyl groups is 1. The van der Waals surface area contributed by atoms with E-state index in [1.165, 1.54) is 12.0 Å². The number of halogens is 3. The van der Waals surface area contributed by atoms with Crippen molar-refractivity contribution in [2.24, 2.45) is 0 Å². The van der Waals surface area contributed by atoms with Crippen molar-refractivity contribution in [3.63, 3.8) is 0 Å². The van der Waals surface area contributed by atoms with Gasteiger partial charge >= 0.3 is 6.18 Å². The SMILES string of the molecule is COc1cccc([C@@H]2[C@H](O)CCN2C(=O)Cn2nc(C3CC3)cc2C(F)(F)F)c1C. The van der Waals surface area contributed by atoms with Crippen molar-refractivity contribution in [1.29, 1.82) is 0 Å². The second kappa shape index (κ2) is 7.61. The fourth-order valence-corrected chi connectivity index (χ4v) is 4.19. The predicted molar refractivity (Wildman–Crippen MR) is 102 cm³/mol. The second-order valence-electron chi connectivity index (χ2n) is 7.95. The Morgan fingerprint density at radius 2 is 2.03 bits per heavy atom. The Morgan fingerprint density at radius 3 is 2.67 bits per heavy atom. The summed E-state index contributed by atoms with van der Waals surface area (Å²) in [6, 6.07) is 5.77. The van der Waals surface area contributed by atoms with Gasteiger partial charge in [0.1, 0.15) is 18.0 Å². The van der Waals surface area contributed by atoms with Gasteiger partial charge in [-0.05, 0) is 49.4 Å². The summed E-state index contributed by atoms with van der Waals surface area (Å²) in [6.07, 6.45) is -3.41. The lowest BCUT2D eigenvalue weighted by atomic mass is 9.96. The van der Waals surface area contributed by atoms with E-state index in [0.29, 0.717) is 17.9 Å². The number of nitrogens with zero attached hydrogens (tertiary/aromatic N) is 3. The number of likely N-dealkylation sites (tertiary alicyclic amines) is 1. The third kappa shape index (κ3) is 3.78. The molecule has 1 N–H and O–H groups in total. The second-order valence-corrected chi connectivity index (χ2v) is 7.95. The molecule has 4 rings (SSSR count). The van der Waals surface area contributed by atoms with E-state index >= 15 is 0 Å². The fourth-order valence-electron chi connectivity index (χ4n) is 4.19. The first-order valence-electron chi connectivity index (χ1n) is 9.96. The maximum atomic E-state index is 13.5. The maximum absolute atomic E-state index is 13.5. The third-order valence-corrected chi connectivity index (χ3v) is 5.92. The average Bonchev–Trinajstić information content (AvgIpc) is 3.33. The molecule has 1 aliphatic heterocycles. The minimum atomic E-state index is -4.59. The van der Waals surface area contributed by atoms with Crippen LogP contribution < -0.4 is 4.74 Å². The van der Waals surface area contributed by atoms with Crippen molar-refractivity contribution in [2.45, 2.75) is 57.0 Å². The van der Waals surface area contributed by atoms with Gasteiger partial charge in [0.2, 0.25) is 5.91 Å². The molecule has 2 heterocycles. The topological polar surface area (TPSA) is 67.6 Å². The summed E-state index contributed by atoms with van der Waals surface area (Å²) >= 11 is 0. The fraction of sp³-hybridized carbons (Fsp3) is 0.524. The maximum Gasteiger partial charge on any atom is 0.433 e. The number of aliphatic hydroxyl groups excluding tert-OH is 1. The molecule has 1 aromatic carbocycles. The molecule has 1 aliphatic carbocycles. The number of methoxy groups -OCH3 is 1. The molecule has 2 aromatic rings. The molecule has 1 saturated carbocycles. The van der Waals surface area contributed by atoms with Crippen molar-refractivity contribution in [3.05, 3.63) is 46.8 Å². The molecule has 2 aliphatic rings. The first-order chi connectivity index (χ1) is 14.2. The molecule has 0 radical (unpaired) electrons. The van der Waals surface area contributed by atoms with E-state index < -0.39 is 36.5 Å². The van der Waals surface area contributed by atoms with E-state index in [1.54, 1.807) is 18.2 Å². The summed E-state index contributed by atoms with van der Waals surface area (Å²) in [4.78, 5) is 14.5. The summed E-state index contributed by atoms with van der Waals surface area (Å²) in [5.41, 5.74) is 0.987. The van der Waals surface area contributed by atoms with E-state index in [-0.39, 0.29) is 12.5 Å². The van der Waals surface area contributed by atoms with Gasteiger partial charge < -0.3 is 14.7 Å². The number of carbonyl (C=O) groups is 1. The van der Waals surface area contributed by atoms with Crippen LogP contribution >= 0.6 is 0 Å². The van der Waals surface area contributed by atoms with Crippen LogP contribution in [0.4, 0.5) is 13.2 Å². The standard InChI is InChI=1S/C21H24F3N3O3/c1-12-14(4-3-5-17(12)30-2)20-16(28)8-9-26(20)19(29)11-27-18(21(22,23)24)10-15(25-27)13-6-7-13/h3-5,10,13,16,20,28H,6-9,11H2,1-2H3/t16-,20-/m1/s1. The van der Waals surface area contributed by atoms with Gasteiger partial charge in [-0.25, -0.2) is 0 Å². The van der Waals surface area contributed by atoms with E-state index in [0.717, 1.165) is 34.7 Å². The van der Waals surface area contributed by atoms with Gasteiger partial charge in [0.15, 0.2) is 0 Å². The van der Waals surface area contributed by atoms with Gasteiger partial charge in [-0.1, -0.05) is 12.1 Å². The smallest absolute Gasteiger partial charge is 0.433 e. The summed E-state index contributed by atoms with van der Waals surface area (Å²) in [5, 5.41) is 14.6. The molecule has 0 bridgehead atoms. The lowest BCUT2D eigenvalue weighted by molar-refractivity contribution is -0.146. The quantitative estimate of drug-likeness (QED) is 0.800. The number of benzene rings is 1. The molecular formula is C21H24F3N3O3. The number of rotatable bonds is 5. The molecule has 0 spiro atoms. The average molecular weight is 423 g/mol. The number of carbonyl (C=O) groups excluding carboxylic acids is 1. The van der Waals surface area contributed by atoms with Gasteiger partial charge in [-0.15, -0.1) is 0 Å². The molecule has 1 aromatic heterocycles. The highest BCUT2D eigenvalue weighted by Crippen LogP contribution is 2.42. The lowest BCUT2D eigenvalue weighted by Crippen LogP contribution is -2.37. The summed E-state index contributed by atoms with van der Waals surface area (Å²) in [7, 11) is 1.54. The third-order valence-electron chi connectivity index (χ3n) is 5.92. The van der Waals surface area contributed by atoms with Crippen molar-refractivity contribution in [2.75, 3.05) is 13.7 Å². The van der Waals surface area contributed by atoms with Crippen molar-refractivity contribution >= 4 is 5.91 Å². The molecular weight excluding hydrogens is 399 g/mol. The van der Waals surface area contributed by atoms with Crippen LogP contribution in [0.5, 0.6) is 5.75 Å². The van der Waals surface area contributed by atoms with Gasteiger partial charge in [0, 0.05) is 12.5 Å². The number of hydrogen-bond donors (Lipinski definition) is 1. The molecule has 162 valence electrons. The number of amides is 1. The van der Waals surface area contributed by atoms with Gasteiger partial charge in [0.05, 0.1) is 24.9 Å². The Bertz CT molecular complexity index is 953. The number of alkyl halides is 3. The van der Waals surface area contributed by atoms with Crippen molar-refractivity contribution < 1.29 is 27.8 Å². The molecule has 2 fully saturated rings. The van der Waals surface area contributed by atoms with Gasteiger partial charge in [-0.2, -0.15) is 18.3 Å².